The van der Waals surface area contributed by atoms with E-state index < -0.39 is 15.4 Å². The minimum Gasteiger partial charge on any atom is -0.242 e. The molecule has 1 aliphatic rings. The second-order valence-corrected chi connectivity index (χ2v) is 9.03. The Morgan fingerprint density at radius 1 is 1.12 bits per heavy atom. The van der Waals surface area contributed by atoms with Crippen molar-refractivity contribution in [3.63, 3.8) is 0 Å². The van der Waals surface area contributed by atoms with Gasteiger partial charge in [0.2, 0.25) is 10.0 Å². The second-order valence-electron chi connectivity index (χ2n) is 7.20. The smallest absolute Gasteiger partial charge is 0.236 e. The molecule has 4 rings (SSSR count). The number of para-hydroxylation sites is 1. The molecular weight excluding hydrogens is 344 g/mol. The monoisotopic (exact) mass is 364 g/mol. The first kappa shape index (κ1) is 16.9. The first-order valence-corrected chi connectivity index (χ1v) is 10.6. The average Bonchev–Trinajstić information content (AvgIpc) is 2.96. The quantitative estimate of drug-likeness (QED) is 0.712. The SMILES string of the molecule is CS(=O)(=O)n1c2c(c3ccccc31)C[C@@](C#N)(Cc1ccccc1)CC2. The lowest BCUT2D eigenvalue weighted by molar-refractivity contribution is 0.338. The Labute approximate surface area is 153 Å². The van der Waals surface area contributed by atoms with E-state index in [0.717, 1.165) is 22.2 Å². The Kier molecular flexibility index (Phi) is 3.89. The number of nitriles is 1. The summed E-state index contributed by atoms with van der Waals surface area (Å²) in [4.78, 5) is 0. The highest BCUT2D eigenvalue weighted by atomic mass is 32.2. The Balaban J connectivity index is 1.86. The molecule has 0 radical (unpaired) electrons. The molecule has 0 spiro atoms. The van der Waals surface area contributed by atoms with Gasteiger partial charge in [0.15, 0.2) is 0 Å². The van der Waals surface area contributed by atoms with E-state index in [2.05, 4.69) is 6.07 Å². The number of fused-ring (bicyclic) bond motifs is 3. The molecule has 1 aliphatic carbocycles. The molecule has 0 bridgehead atoms. The largest absolute Gasteiger partial charge is 0.242 e. The van der Waals surface area contributed by atoms with E-state index in [0.29, 0.717) is 31.2 Å². The predicted octanol–water partition coefficient (Wildman–Crippen LogP) is 3.69. The van der Waals surface area contributed by atoms with E-state index in [9.17, 15) is 13.7 Å². The molecule has 0 fully saturated rings. The van der Waals surface area contributed by atoms with Gasteiger partial charge in [0.1, 0.15) is 0 Å². The predicted molar refractivity (Wildman–Crippen MR) is 102 cm³/mol. The highest BCUT2D eigenvalue weighted by Gasteiger charge is 2.38. The van der Waals surface area contributed by atoms with Crippen LogP contribution in [0.1, 0.15) is 23.2 Å². The van der Waals surface area contributed by atoms with Crippen LogP contribution in [0.15, 0.2) is 54.6 Å². The van der Waals surface area contributed by atoms with Crippen molar-refractivity contribution in [1.82, 2.24) is 3.97 Å². The molecule has 1 heterocycles. The van der Waals surface area contributed by atoms with Gasteiger partial charge in [-0.15, -0.1) is 0 Å². The highest BCUT2D eigenvalue weighted by molar-refractivity contribution is 7.89. The Morgan fingerprint density at radius 3 is 2.50 bits per heavy atom. The van der Waals surface area contributed by atoms with Crippen molar-refractivity contribution in [3.05, 3.63) is 71.4 Å². The Bertz CT molecular complexity index is 1120. The van der Waals surface area contributed by atoms with Crippen molar-refractivity contribution < 1.29 is 8.42 Å². The summed E-state index contributed by atoms with van der Waals surface area (Å²) < 4.78 is 26.3. The van der Waals surface area contributed by atoms with Gasteiger partial charge < -0.3 is 0 Å². The molecule has 5 heteroatoms. The molecule has 2 aromatic carbocycles. The third-order valence-electron chi connectivity index (χ3n) is 5.35. The number of rotatable bonds is 3. The average molecular weight is 364 g/mol. The summed E-state index contributed by atoms with van der Waals surface area (Å²) in [5.74, 6) is 0. The van der Waals surface area contributed by atoms with Crippen LogP contribution in [0.3, 0.4) is 0 Å². The summed E-state index contributed by atoms with van der Waals surface area (Å²) in [6.45, 7) is 0. The van der Waals surface area contributed by atoms with Crippen molar-refractivity contribution >= 4 is 20.9 Å². The molecule has 26 heavy (non-hydrogen) atoms. The fourth-order valence-corrected chi connectivity index (χ4v) is 5.33. The van der Waals surface area contributed by atoms with Crippen LogP contribution < -0.4 is 0 Å². The zero-order chi connectivity index (χ0) is 18.4. The van der Waals surface area contributed by atoms with Crippen LogP contribution in [0.25, 0.3) is 10.9 Å². The summed E-state index contributed by atoms with van der Waals surface area (Å²) in [5, 5.41) is 10.9. The molecular formula is C21H20N2O2S. The molecule has 0 amide bonds. The maximum absolute atomic E-state index is 12.4. The van der Waals surface area contributed by atoms with Gasteiger partial charge in [-0.1, -0.05) is 48.5 Å². The van der Waals surface area contributed by atoms with Gasteiger partial charge in [-0.25, -0.2) is 12.4 Å². The van der Waals surface area contributed by atoms with Crippen molar-refractivity contribution in [3.8, 4) is 6.07 Å². The van der Waals surface area contributed by atoms with Crippen LogP contribution in [0, 0.1) is 16.7 Å². The summed E-state index contributed by atoms with van der Waals surface area (Å²) in [6, 6.07) is 20.2. The number of nitrogens with zero attached hydrogens (tertiary/aromatic N) is 2. The third-order valence-corrected chi connectivity index (χ3v) is 6.43. The van der Waals surface area contributed by atoms with Gasteiger partial charge in [0.05, 0.1) is 23.3 Å². The van der Waals surface area contributed by atoms with E-state index >= 15 is 0 Å². The van der Waals surface area contributed by atoms with Gasteiger partial charge in [-0.3, -0.25) is 0 Å². The van der Waals surface area contributed by atoms with Crippen LogP contribution in [0.4, 0.5) is 0 Å². The maximum atomic E-state index is 12.4. The fraction of sp³-hybridized carbons (Fsp3) is 0.286. The molecule has 132 valence electrons. The molecule has 0 aliphatic heterocycles. The molecule has 1 atom stereocenters. The zero-order valence-electron chi connectivity index (χ0n) is 14.6. The zero-order valence-corrected chi connectivity index (χ0v) is 15.5. The van der Waals surface area contributed by atoms with Crippen molar-refractivity contribution in [2.24, 2.45) is 5.41 Å². The summed E-state index contributed by atoms with van der Waals surface area (Å²) in [6.07, 6.45) is 3.77. The summed E-state index contributed by atoms with van der Waals surface area (Å²) in [7, 11) is -3.40. The maximum Gasteiger partial charge on any atom is 0.236 e. The van der Waals surface area contributed by atoms with E-state index in [4.69, 9.17) is 0 Å². The van der Waals surface area contributed by atoms with Crippen LogP contribution in [-0.2, 0) is 29.3 Å². The number of aromatic nitrogens is 1. The van der Waals surface area contributed by atoms with E-state index in [-0.39, 0.29) is 0 Å². The topological polar surface area (TPSA) is 62.9 Å². The van der Waals surface area contributed by atoms with Crippen LogP contribution in [0.2, 0.25) is 0 Å². The lowest BCUT2D eigenvalue weighted by Gasteiger charge is -2.31. The Morgan fingerprint density at radius 2 is 1.81 bits per heavy atom. The first-order chi connectivity index (χ1) is 12.4. The van der Waals surface area contributed by atoms with Gasteiger partial charge in [-0.2, -0.15) is 5.26 Å². The lowest BCUT2D eigenvalue weighted by atomic mass is 9.70. The van der Waals surface area contributed by atoms with Gasteiger partial charge in [0.25, 0.3) is 0 Å². The van der Waals surface area contributed by atoms with Crippen LogP contribution in [-0.4, -0.2) is 18.6 Å². The standard InChI is InChI=1S/C21H20N2O2S/c1-26(24,25)23-19-10-6-5-9-17(19)18-14-21(15-22,12-11-20(18)23)13-16-7-3-2-4-8-16/h2-10H,11-14H2,1H3/t21-/m0/s1. The van der Waals surface area contributed by atoms with E-state index in [1.807, 2.05) is 54.6 Å². The molecule has 1 aromatic heterocycles. The highest BCUT2D eigenvalue weighted by Crippen LogP contribution is 2.42. The van der Waals surface area contributed by atoms with Crippen molar-refractivity contribution in [2.45, 2.75) is 25.7 Å². The normalized spacial score (nSPS) is 19.8. The first-order valence-electron chi connectivity index (χ1n) is 8.70. The molecule has 4 nitrogen and oxygen atoms in total. The van der Waals surface area contributed by atoms with Gasteiger partial charge >= 0.3 is 0 Å². The fourth-order valence-electron chi connectivity index (χ4n) is 4.21. The van der Waals surface area contributed by atoms with Crippen LogP contribution >= 0.6 is 0 Å². The van der Waals surface area contributed by atoms with Crippen molar-refractivity contribution in [2.75, 3.05) is 6.26 Å². The Hall–Kier alpha value is -2.58. The number of hydrogen-bond donors (Lipinski definition) is 0. The molecule has 0 saturated heterocycles. The van der Waals surface area contributed by atoms with Gasteiger partial charge in [0, 0.05) is 11.1 Å². The third kappa shape index (κ3) is 2.71. The number of hydrogen-bond acceptors (Lipinski definition) is 3. The molecule has 3 aromatic rings. The van der Waals surface area contributed by atoms with Gasteiger partial charge in [-0.05, 0) is 42.9 Å². The lowest BCUT2D eigenvalue weighted by Crippen LogP contribution is -2.31. The minimum atomic E-state index is -3.40. The molecule has 0 saturated carbocycles. The van der Waals surface area contributed by atoms with E-state index in [1.54, 1.807) is 0 Å². The van der Waals surface area contributed by atoms with Crippen LogP contribution in [0.5, 0.6) is 0 Å². The molecule has 0 unspecified atom stereocenters. The molecule has 0 N–H and O–H groups in total. The minimum absolute atomic E-state index is 0.499. The second kappa shape index (κ2) is 6.00. The van der Waals surface area contributed by atoms with E-state index in [1.165, 1.54) is 10.2 Å². The summed E-state index contributed by atoms with van der Waals surface area (Å²) >= 11 is 0. The number of benzene rings is 2. The summed E-state index contributed by atoms with van der Waals surface area (Å²) in [5.41, 5.74) is 3.21. The van der Waals surface area contributed by atoms with Crippen molar-refractivity contribution in [1.29, 1.82) is 5.26 Å².